The zero-order valence-electron chi connectivity index (χ0n) is 18.2. The number of aromatic amines is 2. The van der Waals surface area contributed by atoms with Crippen molar-refractivity contribution in [3.05, 3.63) is 98.9 Å². The maximum Gasteiger partial charge on any atom is 0.198 e. The number of nitrogens with zero attached hydrogens (tertiary/aromatic N) is 2. The van der Waals surface area contributed by atoms with Gasteiger partial charge in [0.2, 0.25) is 0 Å². The maximum atomic E-state index is 13.3. The van der Waals surface area contributed by atoms with Gasteiger partial charge in [-0.25, -0.2) is 4.99 Å². The third-order valence-corrected chi connectivity index (χ3v) is 6.36. The van der Waals surface area contributed by atoms with Gasteiger partial charge in [0.15, 0.2) is 23.3 Å². The molecule has 0 aliphatic rings. The molecule has 3 N–H and O–H groups in total. The van der Waals surface area contributed by atoms with Gasteiger partial charge in [0.05, 0.1) is 10.4 Å². The summed E-state index contributed by atoms with van der Waals surface area (Å²) in [6, 6.07) is 17.8. The highest BCUT2D eigenvalue weighted by atomic mass is 32.1. The Labute approximate surface area is 198 Å². The van der Waals surface area contributed by atoms with Gasteiger partial charge >= 0.3 is 0 Å². The number of H-pyrrole nitrogens is 2. The van der Waals surface area contributed by atoms with Crippen molar-refractivity contribution in [3.8, 4) is 5.88 Å². The van der Waals surface area contributed by atoms with Crippen LogP contribution < -0.4 is 0 Å². The monoisotopic (exact) mass is 468 g/mol. The van der Waals surface area contributed by atoms with E-state index in [1.807, 2.05) is 24.4 Å². The number of thiophene rings is 1. The molecule has 0 bridgehead atoms. The molecule has 8 heteroatoms. The Hall–Kier alpha value is -4.30. The first kappa shape index (κ1) is 21.5. The van der Waals surface area contributed by atoms with Crippen molar-refractivity contribution in [1.29, 1.82) is 0 Å². The largest absolute Gasteiger partial charge is 0.494 e. The van der Waals surface area contributed by atoms with Crippen LogP contribution in [0.15, 0.2) is 71.0 Å². The highest BCUT2D eigenvalue weighted by Gasteiger charge is 2.16. The van der Waals surface area contributed by atoms with Gasteiger partial charge in [0, 0.05) is 46.4 Å². The number of ketones is 2. The second-order valence-electron chi connectivity index (χ2n) is 7.92. The summed E-state index contributed by atoms with van der Waals surface area (Å²) >= 11 is 1.41. The van der Waals surface area contributed by atoms with Crippen molar-refractivity contribution in [2.75, 3.05) is 0 Å². The standard InChI is InChI=1S/C26H20N4O3S/c1-15-10-24(30-29-15)27-14-20-19-13-18(7-8-21(19)28-26(20)33)25(32)17-5-2-4-16(11-17)12-22(31)23-6-3-9-34-23/h2-11,13-14,28,33H,12H2,1H3,(H,29,30). The van der Waals surface area contributed by atoms with Gasteiger partial charge in [-0.15, -0.1) is 11.3 Å². The number of hydrogen-bond acceptors (Lipinski definition) is 6. The van der Waals surface area contributed by atoms with Crippen molar-refractivity contribution in [2.24, 2.45) is 4.99 Å². The normalized spacial score (nSPS) is 11.4. The van der Waals surface area contributed by atoms with E-state index in [1.54, 1.807) is 48.5 Å². The Balaban J connectivity index is 1.43. The Morgan fingerprint density at radius 2 is 1.94 bits per heavy atom. The van der Waals surface area contributed by atoms with Gasteiger partial charge in [-0.1, -0.05) is 24.3 Å². The minimum atomic E-state index is -0.168. The molecule has 34 heavy (non-hydrogen) atoms. The molecule has 0 aliphatic carbocycles. The van der Waals surface area contributed by atoms with Crippen LogP contribution in [0.3, 0.4) is 0 Å². The van der Waals surface area contributed by atoms with E-state index in [9.17, 15) is 14.7 Å². The van der Waals surface area contributed by atoms with Gasteiger partial charge < -0.3 is 10.1 Å². The molecule has 7 nitrogen and oxygen atoms in total. The number of aromatic nitrogens is 3. The third-order valence-electron chi connectivity index (χ3n) is 5.45. The smallest absolute Gasteiger partial charge is 0.198 e. The Bertz CT molecular complexity index is 1540. The van der Waals surface area contributed by atoms with Crippen LogP contribution in [-0.2, 0) is 6.42 Å². The lowest BCUT2D eigenvalue weighted by molar-refractivity contribution is 0.0993. The molecular formula is C26H20N4O3S. The van der Waals surface area contributed by atoms with Crippen LogP contribution in [0.2, 0.25) is 0 Å². The number of aliphatic imine (C=N–C) groups is 1. The first-order chi connectivity index (χ1) is 16.5. The summed E-state index contributed by atoms with van der Waals surface area (Å²) in [6.45, 7) is 1.88. The fourth-order valence-corrected chi connectivity index (χ4v) is 4.43. The van der Waals surface area contributed by atoms with E-state index >= 15 is 0 Å². The molecule has 0 radical (unpaired) electrons. The second-order valence-corrected chi connectivity index (χ2v) is 8.87. The van der Waals surface area contributed by atoms with Gasteiger partial charge in [-0.3, -0.25) is 14.7 Å². The molecule has 3 heterocycles. The number of carbonyl (C=O) groups is 2. The van der Waals surface area contributed by atoms with Crippen molar-refractivity contribution in [2.45, 2.75) is 13.3 Å². The number of fused-ring (bicyclic) bond motifs is 1. The highest BCUT2D eigenvalue weighted by Crippen LogP contribution is 2.28. The Morgan fingerprint density at radius 3 is 2.71 bits per heavy atom. The number of nitrogens with one attached hydrogen (secondary N) is 2. The van der Waals surface area contributed by atoms with Crippen LogP contribution in [0.1, 0.15) is 42.4 Å². The molecule has 5 rings (SSSR count). The predicted molar refractivity (Wildman–Crippen MR) is 133 cm³/mol. The van der Waals surface area contributed by atoms with E-state index in [4.69, 9.17) is 0 Å². The number of Topliss-reactive ketones (excluding diaryl/α,β-unsaturated/α-hetero) is 1. The lowest BCUT2D eigenvalue weighted by atomic mass is 9.98. The third kappa shape index (κ3) is 4.31. The summed E-state index contributed by atoms with van der Waals surface area (Å²) in [4.78, 5) is 33.6. The SMILES string of the molecule is Cc1cc(N=Cc2c(O)[nH]c3ccc(C(=O)c4cccc(CC(=O)c5cccs5)c4)cc23)n[nH]1. The highest BCUT2D eigenvalue weighted by molar-refractivity contribution is 7.12. The number of rotatable bonds is 7. The molecule has 0 fully saturated rings. The average molecular weight is 469 g/mol. The van der Waals surface area contributed by atoms with E-state index < -0.39 is 0 Å². The summed E-state index contributed by atoms with van der Waals surface area (Å²) in [5, 5.41) is 19.8. The minimum Gasteiger partial charge on any atom is -0.494 e. The van der Waals surface area contributed by atoms with Gasteiger partial charge in [0.1, 0.15) is 0 Å². The summed E-state index contributed by atoms with van der Waals surface area (Å²) < 4.78 is 0. The maximum absolute atomic E-state index is 13.3. The lowest BCUT2D eigenvalue weighted by Gasteiger charge is -2.05. The molecular weight excluding hydrogens is 448 g/mol. The number of aryl methyl sites for hydroxylation is 1. The summed E-state index contributed by atoms with van der Waals surface area (Å²) in [5.74, 6) is 0.316. The van der Waals surface area contributed by atoms with Crippen molar-refractivity contribution >= 4 is 45.8 Å². The van der Waals surface area contributed by atoms with Gasteiger partial charge in [0.25, 0.3) is 0 Å². The number of aromatic hydroxyl groups is 1. The molecule has 0 spiro atoms. The van der Waals surface area contributed by atoms with Crippen molar-refractivity contribution in [3.63, 3.8) is 0 Å². The van der Waals surface area contributed by atoms with Crippen LogP contribution in [0.5, 0.6) is 5.88 Å². The van der Waals surface area contributed by atoms with Crippen LogP contribution in [0, 0.1) is 6.92 Å². The Kier molecular flexibility index (Phi) is 5.65. The second kappa shape index (κ2) is 8.92. The number of carbonyl (C=O) groups excluding carboxylic acids is 2. The molecule has 2 aromatic carbocycles. The molecule has 168 valence electrons. The zero-order valence-corrected chi connectivity index (χ0v) is 19.0. The van der Waals surface area contributed by atoms with E-state index in [0.29, 0.717) is 38.3 Å². The van der Waals surface area contributed by atoms with E-state index in [1.165, 1.54) is 17.6 Å². The number of benzene rings is 2. The van der Waals surface area contributed by atoms with E-state index in [0.717, 1.165) is 11.3 Å². The van der Waals surface area contributed by atoms with Crippen LogP contribution in [0.25, 0.3) is 10.9 Å². The fourth-order valence-electron chi connectivity index (χ4n) is 3.77. The first-order valence-corrected chi connectivity index (χ1v) is 11.5. The lowest BCUT2D eigenvalue weighted by Crippen LogP contribution is -2.05. The number of hydrogen-bond donors (Lipinski definition) is 3. The summed E-state index contributed by atoms with van der Waals surface area (Å²) in [6.07, 6.45) is 1.76. The molecule has 0 aliphatic heterocycles. The van der Waals surface area contributed by atoms with Crippen molar-refractivity contribution in [1.82, 2.24) is 15.2 Å². The quantitative estimate of drug-likeness (QED) is 0.220. The van der Waals surface area contributed by atoms with Crippen LogP contribution >= 0.6 is 11.3 Å². The fraction of sp³-hybridized carbons (Fsp3) is 0.0769. The Morgan fingerprint density at radius 1 is 1.09 bits per heavy atom. The van der Waals surface area contributed by atoms with Gasteiger partial charge in [-0.2, -0.15) is 5.10 Å². The van der Waals surface area contributed by atoms with E-state index in [-0.39, 0.29) is 23.9 Å². The first-order valence-electron chi connectivity index (χ1n) is 10.6. The molecule has 0 saturated heterocycles. The molecule has 0 atom stereocenters. The topological polar surface area (TPSA) is 111 Å². The molecule has 0 amide bonds. The molecule has 5 aromatic rings. The summed E-state index contributed by atoms with van der Waals surface area (Å²) in [5.41, 5.74) is 3.79. The average Bonchev–Trinajstić information content (AvgIpc) is 3.57. The minimum absolute atomic E-state index is 0.0276. The predicted octanol–water partition coefficient (Wildman–Crippen LogP) is 5.37. The van der Waals surface area contributed by atoms with Gasteiger partial charge in [-0.05, 0) is 48.2 Å². The molecule has 3 aromatic heterocycles. The summed E-state index contributed by atoms with van der Waals surface area (Å²) in [7, 11) is 0. The van der Waals surface area contributed by atoms with Crippen LogP contribution in [-0.4, -0.2) is 38.1 Å². The zero-order chi connectivity index (χ0) is 23.7. The molecule has 0 unspecified atom stereocenters. The molecule has 0 saturated carbocycles. The van der Waals surface area contributed by atoms with E-state index in [2.05, 4.69) is 20.2 Å². The van der Waals surface area contributed by atoms with Crippen LogP contribution in [0.4, 0.5) is 5.82 Å². The van der Waals surface area contributed by atoms with Crippen molar-refractivity contribution < 1.29 is 14.7 Å².